The average molecular weight is 312 g/mol. The number of benzene rings is 1. The molecular formula is C12H10BrNO4. The SMILES string of the molecule is COc1cc(Br)cc(/C=C2/N=C(C)OC2=O)c1O. The number of carbonyl (C=O) groups is 1. The van der Waals surface area contributed by atoms with E-state index in [4.69, 9.17) is 9.47 Å². The highest BCUT2D eigenvalue weighted by molar-refractivity contribution is 9.10. The van der Waals surface area contributed by atoms with Gasteiger partial charge in [0.05, 0.1) is 7.11 Å². The average Bonchev–Trinajstić information content (AvgIpc) is 2.62. The van der Waals surface area contributed by atoms with Crippen LogP contribution < -0.4 is 4.74 Å². The summed E-state index contributed by atoms with van der Waals surface area (Å²) in [5.41, 5.74) is 0.564. The number of nitrogens with zero attached hydrogens (tertiary/aromatic N) is 1. The fraction of sp³-hybridized carbons (Fsp3) is 0.167. The van der Waals surface area contributed by atoms with Crippen molar-refractivity contribution in [1.82, 2.24) is 0 Å². The fourth-order valence-corrected chi connectivity index (χ4v) is 1.98. The molecule has 1 aromatic rings. The van der Waals surface area contributed by atoms with E-state index in [1.807, 2.05) is 0 Å². The predicted molar refractivity (Wildman–Crippen MR) is 69.5 cm³/mol. The highest BCUT2D eigenvalue weighted by atomic mass is 79.9. The summed E-state index contributed by atoms with van der Waals surface area (Å²) in [6.45, 7) is 1.58. The third-order valence-electron chi connectivity index (χ3n) is 2.31. The minimum atomic E-state index is -0.536. The van der Waals surface area contributed by atoms with Gasteiger partial charge < -0.3 is 14.6 Å². The molecule has 0 radical (unpaired) electrons. The molecule has 1 aliphatic heterocycles. The van der Waals surface area contributed by atoms with Gasteiger partial charge in [0.2, 0.25) is 0 Å². The number of rotatable bonds is 2. The number of hydrogen-bond donors (Lipinski definition) is 1. The summed E-state index contributed by atoms with van der Waals surface area (Å²) in [7, 11) is 1.45. The van der Waals surface area contributed by atoms with Gasteiger partial charge in [-0.25, -0.2) is 9.79 Å². The van der Waals surface area contributed by atoms with Crippen molar-refractivity contribution in [3.05, 3.63) is 27.9 Å². The molecule has 5 nitrogen and oxygen atoms in total. The number of carbonyl (C=O) groups excluding carboxylic acids is 1. The van der Waals surface area contributed by atoms with Gasteiger partial charge in [-0.1, -0.05) is 15.9 Å². The number of hydrogen-bond acceptors (Lipinski definition) is 5. The van der Waals surface area contributed by atoms with Crippen LogP contribution in [0.25, 0.3) is 6.08 Å². The first-order valence-electron chi connectivity index (χ1n) is 5.07. The second-order valence-corrected chi connectivity index (χ2v) is 4.51. The molecule has 2 rings (SSSR count). The molecule has 0 atom stereocenters. The van der Waals surface area contributed by atoms with Crippen LogP contribution in [0.5, 0.6) is 11.5 Å². The quantitative estimate of drug-likeness (QED) is 0.673. The number of phenolic OH excluding ortho intramolecular Hbond substituents is 1. The van der Waals surface area contributed by atoms with Crippen LogP contribution in [-0.4, -0.2) is 24.1 Å². The molecule has 0 saturated heterocycles. The number of phenols is 1. The van der Waals surface area contributed by atoms with E-state index >= 15 is 0 Å². The zero-order valence-corrected chi connectivity index (χ0v) is 11.3. The maximum absolute atomic E-state index is 11.4. The molecule has 0 fully saturated rings. The van der Waals surface area contributed by atoms with E-state index in [2.05, 4.69) is 20.9 Å². The molecule has 0 unspecified atom stereocenters. The van der Waals surface area contributed by atoms with Crippen LogP contribution in [0, 0.1) is 0 Å². The first-order chi connectivity index (χ1) is 8.51. The van der Waals surface area contributed by atoms with E-state index in [0.717, 1.165) is 4.47 Å². The molecule has 1 aliphatic rings. The number of cyclic esters (lactones) is 1. The van der Waals surface area contributed by atoms with Crippen molar-refractivity contribution in [3.8, 4) is 11.5 Å². The normalized spacial score (nSPS) is 16.7. The van der Waals surface area contributed by atoms with Crippen LogP contribution in [0.3, 0.4) is 0 Å². The number of ether oxygens (including phenoxy) is 2. The Kier molecular flexibility index (Phi) is 3.38. The van der Waals surface area contributed by atoms with Gasteiger partial charge in [0, 0.05) is 17.0 Å². The van der Waals surface area contributed by atoms with E-state index in [0.29, 0.717) is 11.3 Å². The van der Waals surface area contributed by atoms with Gasteiger partial charge >= 0.3 is 5.97 Å². The van der Waals surface area contributed by atoms with Crippen molar-refractivity contribution in [2.75, 3.05) is 7.11 Å². The molecule has 0 aromatic heterocycles. The Balaban J connectivity index is 2.49. The highest BCUT2D eigenvalue weighted by Crippen LogP contribution is 2.35. The molecular weight excluding hydrogens is 302 g/mol. The molecule has 0 saturated carbocycles. The predicted octanol–water partition coefficient (Wildman–Crippen LogP) is 2.48. The van der Waals surface area contributed by atoms with E-state index in [-0.39, 0.29) is 17.3 Å². The van der Waals surface area contributed by atoms with E-state index in [9.17, 15) is 9.90 Å². The molecule has 0 bridgehead atoms. The van der Waals surface area contributed by atoms with Gasteiger partial charge in [0.15, 0.2) is 23.1 Å². The molecule has 1 aromatic carbocycles. The summed E-state index contributed by atoms with van der Waals surface area (Å²) < 4.78 is 10.5. The minimum Gasteiger partial charge on any atom is -0.504 e. The molecule has 0 spiro atoms. The second-order valence-electron chi connectivity index (χ2n) is 3.60. The molecule has 6 heteroatoms. The first kappa shape index (κ1) is 12.6. The molecule has 94 valence electrons. The molecule has 0 amide bonds. The van der Waals surface area contributed by atoms with Crippen LogP contribution in [0.2, 0.25) is 0 Å². The van der Waals surface area contributed by atoms with Gasteiger partial charge in [-0.3, -0.25) is 0 Å². The lowest BCUT2D eigenvalue weighted by Gasteiger charge is -2.07. The number of aromatic hydroxyl groups is 1. The largest absolute Gasteiger partial charge is 0.504 e. The first-order valence-corrected chi connectivity index (χ1v) is 5.86. The lowest BCUT2D eigenvalue weighted by Crippen LogP contribution is -1.99. The summed E-state index contributed by atoms with van der Waals surface area (Å²) in [4.78, 5) is 15.3. The number of esters is 1. The smallest absolute Gasteiger partial charge is 0.363 e. The Hall–Kier alpha value is -1.82. The molecule has 1 N–H and O–H groups in total. The van der Waals surface area contributed by atoms with Gasteiger partial charge in [-0.2, -0.15) is 0 Å². The maximum atomic E-state index is 11.4. The standard InChI is InChI=1S/C12H10BrNO4/c1-6-14-9(12(16)18-6)4-7-3-8(13)5-10(17-2)11(7)15/h3-5,15H,1-2H3/b9-4+. The summed E-state index contributed by atoms with van der Waals surface area (Å²) >= 11 is 3.29. The van der Waals surface area contributed by atoms with Crippen molar-refractivity contribution in [3.63, 3.8) is 0 Å². The number of methoxy groups -OCH3 is 1. The van der Waals surface area contributed by atoms with Gasteiger partial charge in [0.1, 0.15) is 0 Å². The Morgan fingerprint density at radius 3 is 2.78 bits per heavy atom. The van der Waals surface area contributed by atoms with Gasteiger partial charge in [-0.15, -0.1) is 0 Å². The monoisotopic (exact) mass is 311 g/mol. The molecule has 18 heavy (non-hydrogen) atoms. The minimum absolute atomic E-state index is 0.0549. The third kappa shape index (κ3) is 2.38. The topological polar surface area (TPSA) is 68.1 Å². The summed E-state index contributed by atoms with van der Waals surface area (Å²) in [5, 5.41) is 9.93. The second kappa shape index (κ2) is 4.81. The van der Waals surface area contributed by atoms with E-state index in [1.165, 1.54) is 13.2 Å². The fourth-order valence-electron chi connectivity index (χ4n) is 1.52. The van der Waals surface area contributed by atoms with Crippen molar-refractivity contribution in [1.29, 1.82) is 0 Å². The lowest BCUT2D eigenvalue weighted by molar-refractivity contribution is -0.130. The third-order valence-corrected chi connectivity index (χ3v) is 2.77. The van der Waals surface area contributed by atoms with Crippen molar-refractivity contribution >= 4 is 33.9 Å². The Morgan fingerprint density at radius 2 is 2.22 bits per heavy atom. The summed E-state index contributed by atoms with van der Waals surface area (Å²) in [6, 6.07) is 3.28. The molecule has 1 heterocycles. The van der Waals surface area contributed by atoms with Crippen molar-refractivity contribution in [2.45, 2.75) is 6.92 Å². The summed E-state index contributed by atoms with van der Waals surface area (Å²) in [5.74, 6) is 0.00240. The zero-order chi connectivity index (χ0) is 13.3. The van der Waals surface area contributed by atoms with Gasteiger partial charge in [-0.05, 0) is 18.2 Å². The van der Waals surface area contributed by atoms with Crippen LogP contribution in [-0.2, 0) is 9.53 Å². The van der Waals surface area contributed by atoms with Gasteiger partial charge in [0.25, 0.3) is 0 Å². The van der Waals surface area contributed by atoms with Crippen LogP contribution in [0.1, 0.15) is 12.5 Å². The van der Waals surface area contributed by atoms with Crippen molar-refractivity contribution < 1.29 is 19.4 Å². The van der Waals surface area contributed by atoms with Crippen molar-refractivity contribution in [2.24, 2.45) is 4.99 Å². The Labute approximate surface area is 112 Å². The van der Waals surface area contributed by atoms with Crippen LogP contribution in [0.4, 0.5) is 0 Å². The highest BCUT2D eigenvalue weighted by Gasteiger charge is 2.20. The Morgan fingerprint density at radius 1 is 1.50 bits per heavy atom. The van der Waals surface area contributed by atoms with Crippen LogP contribution in [0.15, 0.2) is 27.3 Å². The number of aliphatic imine (C=N–C) groups is 1. The zero-order valence-electron chi connectivity index (χ0n) is 9.73. The maximum Gasteiger partial charge on any atom is 0.363 e. The lowest BCUT2D eigenvalue weighted by atomic mass is 10.1. The Bertz CT molecular complexity index is 578. The molecule has 0 aliphatic carbocycles. The van der Waals surface area contributed by atoms with E-state index in [1.54, 1.807) is 19.1 Å². The summed E-state index contributed by atoms with van der Waals surface area (Å²) in [6.07, 6.45) is 1.45. The van der Waals surface area contributed by atoms with E-state index < -0.39 is 5.97 Å². The number of halogens is 1. The van der Waals surface area contributed by atoms with Crippen LogP contribution >= 0.6 is 15.9 Å².